The van der Waals surface area contributed by atoms with E-state index in [1.54, 1.807) is 19.2 Å². The van der Waals surface area contributed by atoms with E-state index in [4.69, 9.17) is 9.31 Å². The van der Waals surface area contributed by atoms with Crippen molar-refractivity contribution in [2.75, 3.05) is 18.6 Å². The zero-order valence-electron chi connectivity index (χ0n) is 23.5. The number of thioether (sulfide) groups is 1. The second kappa shape index (κ2) is 11.1. The van der Waals surface area contributed by atoms with Gasteiger partial charge in [0.25, 0.3) is 5.91 Å². The van der Waals surface area contributed by atoms with Gasteiger partial charge in [-0.1, -0.05) is 50.2 Å². The third-order valence-electron chi connectivity index (χ3n) is 8.45. The van der Waals surface area contributed by atoms with Crippen LogP contribution in [0.2, 0.25) is 0 Å². The van der Waals surface area contributed by atoms with E-state index in [1.165, 1.54) is 24.8 Å². The van der Waals surface area contributed by atoms with Crippen molar-refractivity contribution in [1.82, 2.24) is 15.6 Å². The van der Waals surface area contributed by atoms with Crippen molar-refractivity contribution in [2.45, 2.75) is 57.4 Å². The first kappa shape index (κ1) is 29.1. The van der Waals surface area contributed by atoms with Gasteiger partial charge in [-0.25, -0.2) is 14.6 Å². The lowest BCUT2D eigenvalue weighted by molar-refractivity contribution is -0.840. The molecule has 3 N–H and O–H groups in total. The number of amides is 2. The van der Waals surface area contributed by atoms with Gasteiger partial charge in [0.1, 0.15) is 11.7 Å². The van der Waals surface area contributed by atoms with Crippen LogP contribution in [0.25, 0.3) is 11.3 Å². The summed E-state index contributed by atoms with van der Waals surface area (Å²) < 4.78 is 11.8. The van der Waals surface area contributed by atoms with Crippen LogP contribution in [0.3, 0.4) is 0 Å². The van der Waals surface area contributed by atoms with Gasteiger partial charge < -0.3 is 29.4 Å². The number of carbonyl (C=O) groups is 4. The number of benzene rings is 1. The van der Waals surface area contributed by atoms with E-state index in [0.717, 1.165) is 5.56 Å². The number of aliphatic hydroxyl groups is 1. The van der Waals surface area contributed by atoms with Gasteiger partial charge in [0.2, 0.25) is 5.91 Å². The molecule has 3 fully saturated rings. The van der Waals surface area contributed by atoms with Crippen LogP contribution in [-0.4, -0.2) is 93.6 Å². The highest BCUT2D eigenvalue weighted by atomic mass is 32.2. The monoisotopic (exact) mass is 582 g/mol. The molecule has 3 aliphatic heterocycles. The Morgan fingerprint density at radius 1 is 1.02 bits per heavy atom. The Morgan fingerprint density at radius 3 is 2.24 bits per heavy atom. The van der Waals surface area contributed by atoms with Gasteiger partial charge in [-0.2, -0.15) is 0 Å². The average molecular weight is 582 g/mol. The number of hydrogen-bond donors (Lipinski definition) is 3. The molecule has 218 valence electrons. The van der Waals surface area contributed by atoms with Crippen LogP contribution < -0.4 is 10.6 Å². The van der Waals surface area contributed by atoms with E-state index in [9.17, 15) is 24.3 Å². The van der Waals surface area contributed by atoms with Gasteiger partial charge in [0.15, 0.2) is 12.1 Å². The Hall–Kier alpha value is -3.42. The minimum atomic E-state index is -2.65. The molecule has 7 atom stereocenters. The van der Waals surface area contributed by atoms with Crippen molar-refractivity contribution >= 4 is 42.2 Å². The zero-order valence-corrected chi connectivity index (χ0v) is 24.3. The predicted octanol–water partition coefficient (Wildman–Crippen LogP) is 1.28. The zero-order chi connectivity index (χ0) is 29.5. The van der Waals surface area contributed by atoms with Gasteiger partial charge in [-0.3, -0.25) is 9.59 Å². The molecule has 13 heteroatoms. The summed E-state index contributed by atoms with van der Waals surface area (Å²) in [6, 6.07) is 11.8. The van der Waals surface area contributed by atoms with Crippen molar-refractivity contribution in [2.24, 2.45) is 5.92 Å². The lowest BCUT2D eigenvalue weighted by atomic mass is 9.57. The fourth-order valence-electron chi connectivity index (χ4n) is 6.28. The molecule has 4 heterocycles. The number of quaternary nitrogens is 1. The number of aliphatic hydroxyl groups excluding tert-OH is 1. The SMILES string of the molecule is CC(C)C[C@H](NC(=O)[C@@H](NC(=O)c1cccc(-c2ccccc2)n1)[C@@H](C)O)[B-]12OC(=O)[C@H]3CSC[C@@H](C(=O)O1)[N+]32C. The lowest BCUT2D eigenvalue weighted by Gasteiger charge is -2.51. The number of hydrogen-bond acceptors (Lipinski definition) is 9. The molecule has 2 aromatic rings. The highest BCUT2D eigenvalue weighted by molar-refractivity contribution is 7.99. The number of nitrogens with zero attached hydrogens (tertiary/aromatic N) is 2. The summed E-state index contributed by atoms with van der Waals surface area (Å²) in [4.78, 5) is 57.4. The number of likely N-dealkylation sites (N-methyl/N-ethyl adjacent to an activating group) is 1. The van der Waals surface area contributed by atoms with Gasteiger partial charge in [0, 0.05) is 12.6 Å². The minimum Gasteiger partial charge on any atom is -0.599 e. The van der Waals surface area contributed by atoms with Crippen LogP contribution in [0, 0.1) is 5.92 Å². The maximum Gasteiger partial charge on any atom is 0.605 e. The summed E-state index contributed by atoms with van der Waals surface area (Å²) in [6.07, 6.45) is -0.927. The Labute approximate surface area is 243 Å². The van der Waals surface area contributed by atoms with Crippen LogP contribution in [0.1, 0.15) is 37.7 Å². The third-order valence-corrected chi connectivity index (χ3v) is 9.55. The van der Waals surface area contributed by atoms with Crippen LogP contribution in [0.4, 0.5) is 0 Å². The van der Waals surface area contributed by atoms with Gasteiger partial charge in [-0.05, 0) is 31.4 Å². The predicted molar refractivity (Wildman–Crippen MR) is 153 cm³/mol. The average Bonchev–Trinajstić information content (AvgIpc) is 3.31. The summed E-state index contributed by atoms with van der Waals surface area (Å²) >= 11 is 1.51. The molecule has 3 aliphatic rings. The number of rotatable bonds is 9. The van der Waals surface area contributed by atoms with E-state index in [0.29, 0.717) is 23.6 Å². The van der Waals surface area contributed by atoms with Crippen molar-refractivity contribution in [3.63, 3.8) is 0 Å². The first-order valence-corrected chi connectivity index (χ1v) is 15.0. The van der Waals surface area contributed by atoms with Crippen molar-refractivity contribution in [1.29, 1.82) is 0 Å². The molecule has 0 bridgehead atoms. The Bertz CT molecular complexity index is 1330. The Balaban J connectivity index is 1.40. The molecule has 2 amide bonds. The molecule has 0 saturated carbocycles. The van der Waals surface area contributed by atoms with Crippen molar-refractivity contribution < 1.29 is 38.0 Å². The lowest BCUT2D eigenvalue weighted by Crippen LogP contribution is -2.77. The molecule has 11 nitrogen and oxygen atoms in total. The summed E-state index contributed by atoms with van der Waals surface area (Å²) in [5, 5.41) is 16.1. The van der Waals surface area contributed by atoms with Crippen molar-refractivity contribution in [3.8, 4) is 11.3 Å². The van der Waals surface area contributed by atoms with Crippen molar-refractivity contribution in [3.05, 3.63) is 54.2 Å². The van der Waals surface area contributed by atoms with Gasteiger partial charge in [0.05, 0.1) is 29.2 Å². The fourth-order valence-corrected chi connectivity index (χ4v) is 7.78. The van der Waals surface area contributed by atoms with Crippen LogP contribution in [-0.2, 0) is 23.7 Å². The summed E-state index contributed by atoms with van der Waals surface area (Å²) in [7, 11) is 1.80. The number of pyridine rings is 1. The van der Waals surface area contributed by atoms with Gasteiger partial charge in [-0.15, -0.1) is 11.8 Å². The normalized spacial score (nSPS) is 28.7. The van der Waals surface area contributed by atoms with Gasteiger partial charge >= 0.3 is 18.6 Å². The summed E-state index contributed by atoms with van der Waals surface area (Å²) in [6.45, 7) is 2.64. The van der Waals surface area contributed by atoms with E-state index >= 15 is 0 Å². The van der Waals surface area contributed by atoms with Crippen LogP contribution in [0.5, 0.6) is 0 Å². The molecule has 41 heavy (non-hydrogen) atoms. The third kappa shape index (κ3) is 5.00. The Morgan fingerprint density at radius 2 is 1.66 bits per heavy atom. The summed E-state index contributed by atoms with van der Waals surface area (Å²) in [5.74, 6) is -2.11. The topological polar surface area (TPSA) is 144 Å². The van der Waals surface area contributed by atoms with Crippen LogP contribution in [0.15, 0.2) is 48.5 Å². The maximum absolute atomic E-state index is 13.7. The second-order valence-corrected chi connectivity index (χ2v) is 12.7. The smallest absolute Gasteiger partial charge is 0.599 e. The largest absolute Gasteiger partial charge is 0.605 e. The fraction of sp³-hybridized carbons (Fsp3) is 0.464. The van der Waals surface area contributed by atoms with E-state index in [-0.39, 0.29) is 16.0 Å². The quantitative estimate of drug-likeness (QED) is 0.373. The highest BCUT2D eigenvalue weighted by Crippen LogP contribution is 2.48. The second-order valence-electron chi connectivity index (χ2n) is 11.6. The molecule has 1 aromatic carbocycles. The first-order valence-electron chi connectivity index (χ1n) is 13.8. The number of nitrogens with one attached hydrogen (secondary N) is 2. The molecule has 0 spiro atoms. The van der Waals surface area contributed by atoms with E-state index in [2.05, 4.69) is 15.6 Å². The number of carbonyl (C=O) groups excluding carboxylic acids is 4. The maximum atomic E-state index is 13.7. The van der Waals surface area contributed by atoms with Crippen LogP contribution >= 0.6 is 11.8 Å². The molecule has 2 unspecified atom stereocenters. The summed E-state index contributed by atoms with van der Waals surface area (Å²) in [5.41, 5.74) is 1.49. The minimum absolute atomic E-state index is 0.0299. The molecular weight excluding hydrogens is 547 g/mol. The molecule has 0 aliphatic carbocycles. The van der Waals surface area contributed by atoms with E-state index < -0.39 is 60.6 Å². The molecule has 1 aromatic heterocycles. The van der Waals surface area contributed by atoms with E-state index in [1.807, 2.05) is 44.2 Å². The highest BCUT2D eigenvalue weighted by Gasteiger charge is 2.77. The first-order chi connectivity index (χ1) is 19.5. The Kier molecular flexibility index (Phi) is 7.88. The number of aromatic nitrogens is 1. The molecule has 0 radical (unpaired) electrons. The molecular formula is C28H35BN4O7S. The molecule has 3 saturated heterocycles. The standard InChI is InChI=1S/C28H35BN4O7S/c1-16(2)13-23(29-33(4)21(27(37)39-29)14-41-15-22(33)28(38)40-29)31-26(36)24(17(3)34)32-25(35)20-12-8-11-19(30-20)18-9-6-5-7-10-18/h5-12,16-17,21-24,34H,13-15H2,1-4H3,(H,31,36)(H,32,35)/t17-,21-,22+,23+,24+,29?,33?/m1/s1. The molecule has 5 rings (SSSR count).